The van der Waals surface area contributed by atoms with Crippen molar-refractivity contribution in [2.45, 2.75) is 32.7 Å². The predicted molar refractivity (Wildman–Crippen MR) is 73.1 cm³/mol. The third-order valence-corrected chi connectivity index (χ3v) is 2.84. The van der Waals surface area contributed by atoms with Crippen LogP contribution in [0.2, 0.25) is 0 Å². The van der Waals surface area contributed by atoms with Crippen LogP contribution in [0.5, 0.6) is 0 Å². The molecule has 1 aromatic carbocycles. The summed E-state index contributed by atoms with van der Waals surface area (Å²) in [5.41, 5.74) is 1.03. The summed E-state index contributed by atoms with van der Waals surface area (Å²) in [5, 5.41) is 16.0. The van der Waals surface area contributed by atoms with Crippen LogP contribution < -0.4 is 10.6 Å². The van der Waals surface area contributed by atoms with Gasteiger partial charge in [0.15, 0.2) is 0 Å². The lowest BCUT2D eigenvalue weighted by molar-refractivity contribution is -0.384. The molecule has 104 valence electrons. The quantitative estimate of drug-likeness (QED) is 0.611. The number of rotatable bonds is 6. The number of urea groups is 1. The number of nitrogens with one attached hydrogen (secondary N) is 2. The molecule has 0 heterocycles. The third-order valence-electron chi connectivity index (χ3n) is 2.84. The standard InChI is InChI=1S/C13H19N3O3/c1-3-10(2)15-13(17)14-9-8-11-4-6-12(7-5-11)16(18)19/h4-7,10H,3,8-9H2,1-2H3,(H2,14,15,17). The molecule has 6 heteroatoms. The van der Waals surface area contributed by atoms with Crippen molar-refractivity contribution in [2.75, 3.05) is 6.54 Å². The van der Waals surface area contributed by atoms with Crippen molar-refractivity contribution in [3.8, 4) is 0 Å². The van der Waals surface area contributed by atoms with E-state index in [1.807, 2.05) is 13.8 Å². The van der Waals surface area contributed by atoms with E-state index < -0.39 is 4.92 Å². The lowest BCUT2D eigenvalue weighted by Gasteiger charge is -2.12. The highest BCUT2D eigenvalue weighted by molar-refractivity contribution is 5.74. The summed E-state index contributed by atoms with van der Waals surface area (Å²) in [6, 6.07) is 6.30. The van der Waals surface area contributed by atoms with Crippen LogP contribution in [0.3, 0.4) is 0 Å². The molecule has 0 aliphatic rings. The average Bonchev–Trinajstić information content (AvgIpc) is 2.39. The lowest BCUT2D eigenvalue weighted by atomic mass is 10.1. The summed E-state index contributed by atoms with van der Waals surface area (Å²) < 4.78 is 0. The molecule has 0 saturated carbocycles. The van der Waals surface area contributed by atoms with Gasteiger partial charge in [-0.25, -0.2) is 4.79 Å². The molecule has 0 aliphatic carbocycles. The van der Waals surface area contributed by atoms with Crippen LogP contribution >= 0.6 is 0 Å². The summed E-state index contributed by atoms with van der Waals surface area (Å²) in [4.78, 5) is 21.5. The molecule has 1 atom stereocenters. The first kappa shape index (κ1) is 14.9. The smallest absolute Gasteiger partial charge is 0.315 e. The van der Waals surface area contributed by atoms with Crippen LogP contribution in [-0.2, 0) is 6.42 Å². The first-order valence-corrected chi connectivity index (χ1v) is 6.30. The normalized spacial score (nSPS) is 11.7. The molecule has 1 aromatic rings. The van der Waals surface area contributed by atoms with E-state index in [-0.39, 0.29) is 17.8 Å². The Balaban J connectivity index is 2.33. The third kappa shape index (κ3) is 5.37. The van der Waals surface area contributed by atoms with E-state index >= 15 is 0 Å². The fourth-order valence-corrected chi connectivity index (χ4v) is 1.48. The lowest BCUT2D eigenvalue weighted by Crippen LogP contribution is -2.41. The Kier molecular flexibility index (Phi) is 5.78. The Hall–Kier alpha value is -2.11. The first-order valence-electron chi connectivity index (χ1n) is 6.30. The van der Waals surface area contributed by atoms with Gasteiger partial charge in [-0.05, 0) is 25.3 Å². The van der Waals surface area contributed by atoms with Crippen molar-refractivity contribution in [1.82, 2.24) is 10.6 Å². The largest absolute Gasteiger partial charge is 0.338 e. The fourth-order valence-electron chi connectivity index (χ4n) is 1.48. The number of nitrogens with zero attached hydrogens (tertiary/aromatic N) is 1. The van der Waals surface area contributed by atoms with Gasteiger partial charge in [-0.3, -0.25) is 10.1 Å². The molecule has 1 rings (SSSR count). The summed E-state index contributed by atoms with van der Waals surface area (Å²) in [7, 11) is 0. The molecular formula is C13H19N3O3. The topological polar surface area (TPSA) is 84.3 Å². The van der Waals surface area contributed by atoms with Crippen LogP contribution in [0.25, 0.3) is 0 Å². The fraction of sp³-hybridized carbons (Fsp3) is 0.462. The second kappa shape index (κ2) is 7.35. The minimum absolute atomic E-state index is 0.0752. The van der Waals surface area contributed by atoms with Crippen molar-refractivity contribution in [2.24, 2.45) is 0 Å². The Bertz CT molecular complexity index is 431. The second-order valence-electron chi connectivity index (χ2n) is 4.38. The van der Waals surface area contributed by atoms with E-state index in [0.29, 0.717) is 13.0 Å². The maximum absolute atomic E-state index is 11.4. The molecule has 2 amide bonds. The van der Waals surface area contributed by atoms with E-state index in [4.69, 9.17) is 0 Å². The zero-order chi connectivity index (χ0) is 14.3. The molecule has 0 aromatic heterocycles. The molecule has 1 unspecified atom stereocenters. The van der Waals surface area contributed by atoms with E-state index in [9.17, 15) is 14.9 Å². The second-order valence-corrected chi connectivity index (χ2v) is 4.38. The van der Waals surface area contributed by atoms with Gasteiger partial charge in [-0.2, -0.15) is 0 Å². The van der Waals surface area contributed by atoms with Crippen molar-refractivity contribution in [1.29, 1.82) is 0 Å². The van der Waals surface area contributed by atoms with Crippen molar-refractivity contribution < 1.29 is 9.72 Å². The number of nitro groups is 1. The van der Waals surface area contributed by atoms with Gasteiger partial charge in [0.25, 0.3) is 5.69 Å². The first-order chi connectivity index (χ1) is 9.02. The summed E-state index contributed by atoms with van der Waals surface area (Å²) in [6.45, 7) is 4.44. The van der Waals surface area contributed by atoms with Gasteiger partial charge in [0.1, 0.15) is 0 Å². The number of amides is 2. The highest BCUT2D eigenvalue weighted by Crippen LogP contribution is 2.11. The monoisotopic (exact) mass is 265 g/mol. The molecule has 2 N–H and O–H groups in total. The highest BCUT2D eigenvalue weighted by atomic mass is 16.6. The molecule has 0 aliphatic heterocycles. The van der Waals surface area contributed by atoms with E-state index in [0.717, 1.165) is 12.0 Å². The van der Waals surface area contributed by atoms with Crippen LogP contribution in [0.1, 0.15) is 25.8 Å². The van der Waals surface area contributed by atoms with Gasteiger partial charge in [0.2, 0.25) is 0 Å². The predicted octanol–water partition coefficient (Wildman–Crippen LogP) is 2.24. The molecular weight excluding hydrogens is 246 g/mol. The van der Waals surface area contributed by atoms with Crippen LogP contribution in [-0.4, -0.2) is 23.5 Å². The maximum atomic E-state index is 11.4. The number of non-ortho nitro benzene ring substituents is 1. The van der Waals surface area contributed by atoms with Crippen LogP contribution in [0.4, 0.5) is 10.5 Å². The Morgan fingerprint density at radius 2 is 2.00 bits per heavy atom. The molecule has 19 heavy (non-hydrogen) atoms. The minimum atomic E-state index is -0.429. The van der Waals surface area contributed by atoms with Crippen molar-refractivity contribution in [3.05, 3.63) is 39.9 Å². The molecule has 0 bridgehead atoms. The minimum Gasteiger partial charge on any atom is -0.338 e. The van der Waals surface area contributed by atoms with Gasteiger partial charge in [-0.15, -0.1) is 0 Å². The Labute approximate surface area is 112 Å². The number of hydrogen-bond donors (Lipinski definition) is 2. The average molecular weight is 265 g/mol. The number of benzene rings is 1. The van der Waals surface area contributed by atoms with E-state index in [1.165, 1.54) is 12.1 Å². The summed E-state index contributed by atoms with van der Waals surface area (Å²) in [5.74, 6) is 0. The zero-order valence-corrected chi connectivity index (χ0v) is 11.2. The zero-order valence-electron chi connectivity index (χ0n) is 11.2. The van der Waals surface area contributed by atoms with Gasteiger partial charge >= 0.3 is 6.03 Å². The highest BCUT2D eigenvalue weighted by Gasteiger charge is 2.05. The van der Waals surface area contributed by atoms with Gasteiger partial charge in [0.05, 0.1) is 4.92 Å². The number of hydrogen-bond acceptors (Lipinski definition) is 3. The maximum Gasteiger partial charge on any atom is 0.315 e. The molecule has 6 nitrogen and oxygen atoms in total. The summed E-state index contributed by atoms with van der Waals surface area (Å²) in [6.07, 6.45) is 1.53. The Morgan fingerprint density at radius 3 is 2.53 bits per heavy atom. The van der Waals surface area contributed by atoms with Crippen LogP contribution in [0, 0.1) is 10.1 Å². The molecule has 0 saturated heterocycles. The van der Waals surface area contributed by atoms with Crippen LogP contribution in [0.15, 0.2) is 24.3 Å². The number of carbonyl (C=O) groups excluding carboxylic acids is 1. The summed E-state index contributed by atoms with van der Waals surface area (Å²) >= 11 is 0. The van der Waals surface area contributed by atoms with Crippen molar-refractivity contribution in [3.63, 3.8) is 0 Å². The molecule has 0 spiro atoms. The van der Waals surface area contributed by atoms with Gasteiger partial charge < -0.3 is 10.6 Å². The van der Waals surface area contributed by atoms with E-state index in [1.54, 1.807) is 12.1 Å². The SMILES string of the molecule is CCC(C)NC(=O)NCCc1ccc([N+](=O)[O-])cc1. The number of nitro benzene ring substituents is 1. The van der Waals surface area contributed by atoms with Gasteiger partial charge in [0, 0.05) is 24.7 Å². The van der Waals surface area contributed by atoms with Crippen molar-refractivity contribution >= 4 is 11.7 Å². The van der Waals surface area contributed by atoms with Gasteiger partial charge in [-0.1, -0.05) is 19.1 Å². The Morgan fingerprint density at radius 1 is 1.37 bits per heavy atom. The molecule has 0 radical (unpaired) electrons. The number of carbonyl (C=O) groups is 1. The molecule has 0 fully saturated rings. The van der Waals surface area contributed by atoms with E-state index in [2.05, 4.69) is 10.6 Å².